The second kappa shape index (κ2) is 5.27. The smallest absolute Gasteiger partial charge is 0.326 e. The predicted molar refractivity (Wildman–Crippen MR) is 78.9 cm³/mol. The Morgan fingerprint density at radius 3 is 3.04 bits per heavy atom. The van der Waals surface area contributed by atoms with E-state index >= 15 is 0 Å². The van der Waals surface area contributed by atoms with Crippen molar-refractivity contribution in [2.75, 3.05) is 13.2 Å². The zero-order chi connectivity index (χ0) is 16.0. The molecule has 0 spiro atoms. The van der Waals surface area contributed by atoms with Crippen LogP contribution in [0.2, 0.25) is 0 Å². The van der Waals surface area contributed by atoms with E-state index in [1.54, 1.807) is 5.38 Å². The molecule has 1 amide bonds. The molecule has 0 radical (unpaired) electrons. The van der Waals surface area contributed by atoms with Crippen molar-refractivity contribution in [2.45, 2.75) is 19.0 Å². The number of hydrogen-bond donors (Lipinski definition) is 2. The van der Waals surface area contributed by atoms with Crippen LogP contribution in [-0.2, 0) is 17.8 Å². The Hall–Kier alpha value is -2.55. The first-order valence-corrected chi connectivity index (χ1v) is 7.95. The van der Waals surface area contributed by atoms with Gasteiger partial charge in [0.1, 0.15) is 24.1 Å². The summed E-state index contributed by atoms with van der Waals surface area (Å²) in [6.07, 6.45) is 1.70. The fraction of sp³-hybridized carbons (Fsp3) is 0.357. The van der Waals surface area contributed by atoms with Crippen LogP contribution >= 0.6 is 11.3 Å². The molecule has 0 fully saturated rings. The molecule has 0 saturated carbocycles. The molecule has 0 bridgehead atoms. The quantitative estimate of drug-likeness (QED) is 0.845. The van der Waals surface area contributed by atoms with E-state index in [1.165, 1.54) is 22.6 Å². The second-order valence-corrected chi connectivity index (χ2v) is 6.15. The average molecular weight is 335 g/mol. The number of aliphatic carboxylic acids is 1. The number of nitrogens with zero attached hydrogens (tertiary/aromatic N) is 2. The topological polar surface area (TPSA) is 105 Å². The number of carbonyl (C=O) groups excluding carboxylic acids is 1. The second-order valence-electron chi connectivity index (χ2n) is 5.27. The molecule has 8 nitrogen and oxygen atoms in total. The van der Waals surface area contributed by atoms with Gasteiger partial charge in [0.25, 0.3) is 5.91 Å². The van der Waals surface area contributed by atoms with E-state index in [1.807, 2.05) is 0 Å². The molecule has 0 aromatic carbocycles. The van der Waals surface area contributed by atoms with Crippen LogP contribution in [-0.4, -0.2) is 51.1 Å². The Balaban J connectivity index is 1.69. The number of ether oxygens (including phenoxy) is 2. The van der Waals surface area contributed by atoms with Crippen LogP contribution in [0.3, 0.4) is 0 Å². The van der Waals surface area contributed by atoms with Crippen molar-refractivity contribution >= 4 is 23.2 Å². The highest BCUT2D eigenvalue weighted by molar-refractivity contribution is 7.12. The number of carboxylic acid groups (broad SMARTS) is 1. The highest BCUT2D eigenvalue weighted by atomic mass is 32.1. The van der Waals surface area contributed by atoms with Crippen molar-refractivity contribution in [3.8, 4) is 11.5 Å². The first-order valence-electron chi connectivity index (χ1n) is 7.07. The Morgan fingerprint density at radius 1 is 1.39 bits per heavy atom. The van der Waals surface area contributed by atoms with Gasteiger partial charge in [-0.3, -0.25) is 4.79 Å². The molecule has 2 aliphatic heterocycles. The minimum absolute atomic E-state index is 0.179. The summed E-state index contributed by atoms with van der Waals surface area (Å²) in [5, 5.41) is 11.2. The molecule has 2 aromatic heterocycles. The number of hydrogen-bond acceptors (Lipinski definition) is 6. The van der Waals surface area contributed by atoms with Crippen LogP contribution in [0.15, 0.2) is 11.7 Å². The van der Waals surface area contributed by atoms with Crippen molar-refractivity contribution in [3.63, 3.8) is 0 Å². The van der Waals surface area contributed by atoms with E-state index in [4.69, 9.17) is 9.47 Å². The van der Waals surface area contributed by atoms with E-state index < -0.39 is 12.0 Å². The van der Waals surface area contributed by atoms with Gasteiger partial charge in [-0.15, -0.1) is 11.3 Å². The molecule has 2 N–H and O–H groups in total. The number of rotatable bonds is 2. The molecule has 23 heavy (non-hydrogen) atoms. The van der Waals surface area contributed by atoms with Crippen molar-refractivity contribution in [3.05, 3.63) is 28.0 Å². The minimum Gasteiger partial charge on any atom is -0.485 e. The van der Waals surface area contributed by atoms with Gasteiger partial charge >= 0.3 is 5.97 Å². The summed E-state index contributed by atoms with van der Waals surface area (Å²) < 4.78 is 11.0. The fourth-order valence-corrected chi connectivity index (χ4v) is 3.70. The Morgan fingerprint density at radius 2 is 2.22 bits per heavy atom. The van der Waals surface area contributed by atoms with Crippen molar-refractivity contribution < 1.29 is 24.2 Å². The number of thiophene rings is 1. The Kier molecular flexibility index (Phi) is 3.22. The normalized spacial score (nSPS) is 19.3. The van der Waals surface area contributed by atoms with Gasteiger partial charge in [0, 0.05) is 11.8 Å². The van der Waals surface area contributed by atoms with E-state index in [2.05, 4.69) is 9.97 Å². The third-order valence-electron chi connectivity index (χ3n) is 3.94. The highest BCUT2D eigenvalue weighted by Gasteiger charge is 2.38. The summed E-state index contributed by atoms with van der Waals surface area (Å²) >= 11 is 1.20. The number of carbonyl (C=O) groups is 2. The van der Waals surface area contributed by atoms with Gasteiger partial charge in [0.2, 0.25) is 0 Å². The zero-order valence-electron chi connectivity index (χ0n) is 11.9. The molecule has 4 rings (SSSR count). The first kappa shape index (κ1) is 14.1. The van der Waals surface area contributed by atoms with Crippen LogP contribution in [0, 0.1) is 0 Å². The number of carboxylic acids is 1. The van der Waals surface area contributed by atoms with Crippen molar-refractivity contribution in [2.24, 2.45) is 0 Å². The molecule has 1 unspecified atom stereocenters. The third-order valence-corrected chi connectivity index (χ3v) is 4.87. The molecule has 2 aromatic rings. The molecule has 0 aliphatic carbocycles. The molecule has 4 heterocycles. The maximum absolute atomic E-state index is 12.9. The minimum atomic E-state index is -1.05. The van der Waals surface area contributed by atoms with Gasteiger partial charge in [-0.1, -0.05) is 0 Å². The fourth-order valence-electron chi connectivity index (χ4n) is 2.81. The lowest BCUT2D eigenvalue weighted by Crippen LogP contribution is -2.48. The third kappa shape index (κ3) is 2.24. The molecule has 9 heteroatoms. The van der Waals surface area contributed by atoms with Gasteiger partial charge in [0.15, 0.2) is 11.5 Å². The molecule has 0 saturated heterocycles. The standard InChI is InChI=1S/C14H13N3O5S/c18-13(12-11-10(5-23-12)21-1-2-22-11)17-4-8-7(15-6-16-8)3-9(17)14(19)20/h5-6,9H,1-4H2,(H,15,16)(H,19,20). The maximum atomic E-state index is 12.9. The van der Waals surface area contributed by atoms with Gasteiger partial charge in [-0.25, -0.2) is 9.78 Å². The SMILES string of the molecule is O=C(O)C1Cc2nc[nH]c2CN1C(=O)c1scc2c1OCCO2. The van der Waals surface area contributed by atoms with Crippen LogP contribution in [0.1, 0.15) is 21.1 Å². The van der Waals surface area contributed by atoms with Crippen molar-refractivity contribution in [1.29, 1.82) is 0 Å². The van der Waals surface area contributed by atoms with E-state index in [0.29, 0.717) is 35.3 Å². The zero-order valence-corrected chi connectivity index (χ0v) is 12.8. The summed E-state index contributed by atoms with van der Waals surface area (Å²) in [6.45, 7) is 0.992. The molecular formula is C14H13N3O5S. The predicted octanol–water partition coefficient (Wildman–Crippen LogP) is 0.894. The van der Waals surface area contributed by atoms with Crippen LogP contribution in [0.5, 0.6) is 11.5 Å². The lowest BCUT2D eigenvalue weighted by Gasteiger charge is -2.32. The number of nitrogens with one attached hydrogen (secondary N) is 1. The highest BCUT2D eigenvalue weighted by Crippen LogP contribution is 2.40. The average Bonchev–Trinajstić information content (AvgIpc) is 3.19. The van der Waals surface area contributed by atoms with Crippen LogP contribution in [0.25, 0.3) is 0 Å². The molecule has 120 valence electrons. The number of H-pyrrole nitrogens is 1. The molecule has 1 atom stereocenters. The van der Waals surface area contributed by atoms with Gasteiger partial charge in [0.05, 0.1) is 24.3 Å². The largest absolute Gasteiger partial charge is 0.485 e. The number of amides is 1. The Labute approximate surface area is 134 Å². The lowest BCUT2D eigenvalue weighted by molar-refractivity contribution is -0.142. The van der Waals surface area contributed by atoms with Gasteiger partial charge < -0.3 is 24.5 Å². The Bertz CT molecular complexity index is 783. The lowest BCUT2D eigenvalue weighted by atomic mass is 10.0. The van der Waals surface area contributed by atoms with E-state index in [0.717, 1.165) is 5.69 Å². The van der Waals surface area contributed by atoms with E-state index in [9.17, 15) is 14.7 Å². The maximum Gasteiger partial charge on any atom is 0.326 e. The van der Waals surface area contributed by atoms with Gasteiger partial charge in [-0.05, 0) is 0 Å². The van der Waals surface area contributed by atoms with E-state index in [-0.39, 0.29) is 18.9 Å². The summed E-state index contributed by atoms with van der Waals surface area (Å²) in [6, 6.07) is -0.944. The van der Waals surface area contributed by atoms with Crippen LogP contribution < -0.4 is 9.47 Å². The number of imidazole rings is 1. The summed E-state index contributed by atoms with van der Waals surface area (Å²) in [4.78, 5) is 33.2. The summed E-state index contributed by atoms with van der Waals surface area (Å²) in [5.74, 6) is -0.467. The van der Waals surface area contributed by atoms with Gasteiger partial charge in [-0.2, -0.15) is 0 Å². The molecular weight excluding hydrogens is 322 g/mol. The number of aromatic amines is 1. The monoisotopic (exact) mass is 335 g/mol. The van der Waals surface area contributed by atoms with Crippen molar-refractivity contribution in [1.82, 2.24) is 14.9 Å². The first-order chi connectivity index (χ1) is 11.1. The van der Waals surface area contributed by atoms with Crippen LogP contribution in [0.4, 0.5) is 0 Å². The number of aromatic nitrogens is 2. The molecule has 2 aliphatic rings. The summed E-state index contributed by atoms with van der Waals surface area (Å²) in [5.41, 5.74) is 1.45. The number of fused-ring (bicyclic) bond motifs is 2. The summed E-state index contributed by atoms with van der Waals surface area (Å²) in [7, 11) is 0.